The van der Waals surface area contributed by atoms with Crippen LogP contribution in [0.5, 0.6) is 0 Å². The van der Waals surface area contributed by atoms with Crippen LogP contribution in [-0.4, -0.2) is 42.6 Å². The van der Waals surface area contributed by atoms with Crippen LogP contribution < -0.4 is 10.6 Å². The fourth-order valence-corrected chi connectivity index (χ4v) is 2.10. The smallest absolute Gasteiger partial charge is 0.330 e. The number of methoxy groups -OCH3 is 1. The highest BCUT2D eigenvalue weighted by atomic mass is 35.5. The number of anilines is 1. The van der Waals surface area contributed by atoms with Crippen LogP contribution >= 0.6 is 23.2 Å². The van der Waals surface area contributed by atoms with Crippen LogP contribution in [0.4, 0.5) is 15.3 Å². The first kappa shape index (κ1) is 19.1. The molecule has 1 rings (SSSR count). The number of ether oxygens (including phenoxy) is 1. The standard InChI is InChI=1S/C14H17Cl2N3O4/c1-8(2)17-13(21)19(7-12(20)23-3)14(22)18-11-5-9(15)4-10(16)6-11/h4-6,8H,7H2,1-3H3,(H,17,21)(H,18,22). The lowest BCUT2D eigenvalue weighted by Crippen LogP contribution is -2.50. The van der Waals surface area contributed by atoms with Gasteiger partial charge < -0.3 is 15.4 Å². The maximum atomic E-state index is 12.3. The van der Waals surface area contributed by atoms with Crippen molar-refractivity contribution in [2.45, 2.75) is 19.9 Å². The van der Waals surface area contributed by atoms with E-state index in [9.17, 15) is 14.4 Å². The summed E-state index contributed by atoms with van der Waals surface area (Å²) in [6.45, 7) is 2.92. The van der Waals surface area contributed by atoms with E-state index < -0.39 is 24.6 Å². The van der Waals surface area contributed by atoms with Gasteiger partial charge in [-0.1, -0.05) is 23.2 Å². The lowest BCUT2D eigenvalue weighted by Gasteiger charge is -2.22. The van der Waals surface area contributed by atoms with Gasteiger partial charge in [0.15, 0.2) is 0 Å². The van der Waals surface area contributed by atoms with Gasteiger partial charge in [0.1, 0.15) is 6.54 Å². The first-order chi connectivity index (χ1) is 10.7. The average molecular weight is 362 g/mol. The second-order valence-corrected chi connectivity index (χ2v) is 5.73. The summed E-state index contributed by atoms with van der Waals surface area (Å²) in [4.78, 5) is 36.4. The molecule has 4 amide bonds. The van der Waals surface area contributed by atoms with Crippen molar-refractivity contribution in [3.8, 4) is 0 Å². The first-order valence-electron chi connectivity index (χ1n) is 6.65. The lowest BCUT2D eigenvalue weighted by atomic mass is 10.3. The van der Waals surface area contributed by atoms with Crippen LogP contribution in [0.1, 0.15) is 13.8 Å². The molecule has 0 aliphatic carbocycles. The quantitative estimate of drug-likeness (QED) is 0.806. The number of urea groups is 2. The van der Waals surface area contributed by atoms with Crippen molar-refractivity contribution in [3.63, 3.8) is 0 Å². The van der Waals surface area contributed by atoms with Crippen LogP contribution in [0.2, 0.25) is 10.0 Å². The van der Waals surface area contributed by atoms with Gasteiger partial charge in [0.05, 0.1) is 7.11 Å². The molecule has 7 nitrogen and oxygen atoms in total. The fourth-order valence-electron chi connectivity index (χ4n) is 1.57. The molecule has 23 heavy (non-hydrogen) atoms. The zero-order chi connectivity index (χ0) is 17.6. The number of nitrogens with zero attached hydrogens (tertiary/aromatic N) is 1. The number of nitrogens with one attached hydrogen (secondary N) is 2. The van der Waals surface area contributed by atoms with E-state index in [1.165, 1.54) is 18.2 Å². The van der Waals surface area contributed by atoms with Crippen LogP contribution in [-0.2, 0) is 9.53 Å². The summed E-state index contributed by atoms with van der Waals surface area (Å²) in [7, 11) is 1.16. The Hall–Kier alpha value is -1.99. The van der Waals surface area contributed by atoms with Crippen molar-refractivity contribution in [1.29, 1.82) is 0 Å². The zero-order valence-corrected chi connectivity index (χ0v) is 14.4. The number of halogens is 2. The van der Waals surface area contributed by atoms with Crippen LogP contribution in [0.25, 0.3) is 0 Å². The highest BCUT2D eigenvalue weighted by Crippen LogP contribution is 2.22. The van der Waals surface area contributed by atoms with E-state index in [0.717, 1.165) is 7.11 Å². The molecule has 1 aromatic rings. The molecule has 0 saturated heterocycles. The Morgan fingerprint density at radius 2 is 1.70 bits per heavy atom. The molecule has 1 aromatic carbocycles. The summed E-state index contributed by atoms with van der Waals surface area (Å²) in [5.41, 5.74) is 0.291. The van der Waals surface area contributed by atoms with Gasteiger partial charge in [0.2, 0.25) is 0 Å². The van der Waals surface area contributed by atoms with E-state index in [4.69, 9.17) is 23.2 Å². The van der Waals surface area contributed by atoms with Crippen LogP contribution in [0.3, 0.4) is 0 Å². The van der Waals surface area contributed by atoms with Gasteiger partial charge in [0, 0.05) is 21.8 Å². The third-order valence-corrected chi connectivity index (χ3v) is 2.97. The van der Waals surface area contributed by atoms with Gasteiger partial charge in [-0.15, -0.1) is 0 Å². The Morgan fingerprint density at radius 3 is 2.17 bits per heavy atom. The van der Waals surface area contributed by atoms with E-state index in [1.807, 2.05) is 0 Å². The number of imide groups is 1. The van der Waals surface area contributed by atoms with E-state index >= 15 is 0 Å². The second kappa shape index (κ2) is 8.59. The van der Waals surface area contributed by atoms with E-state index in [1.54, 1.807) is 13.8 Å². The molecule has 126 valence electrons. The molecule has 0 aliphatic heterocycles. The number of carbonyl (C=O) groups excluding carboxylic acids is 3. The van der Waals surface area contributed by atoms with Crippen molar-refractivity contribution >= 4 is 46.9 Å². The predicted octanol–water partition coefficient (Wildman–Crippen LogP) is 3.12. The number of rotatable bonds is 4. The molecule has 0 fully saturated rings. The third-order valence-electron chi connectivity index (χ3n) is 2.53. The Kier molecular flexibility index (Phi) is 7.12. The Labute approximate surface area is 143 Å². The molecule has 0 atom stereocenters. The van der Waals surface area contributed by atoms with E-state index in [-0.39, 0.29) is 6.04 Å². The minimum absolute atomic E-state index is 0.212. The SMILES string of the molecule is COC(=O)CN(C(=O)Nc1cc(Cl)cc(Cl)c1)C(=O)NC(C)C. The Bertz CT molecular complexity index is 587. The van der Waals surface area contributed by atoms with E-state index in [0.29, 0.717) is 20.6 Å². The molecule has 0 aromatic heterocycles. The van der Waals surface area contributed by atoms with Crippen LogP contribution in [0, 0.1) is 0 Å². The molecule has 0 aliphatic rings. The van der Waals surface area contributed by atoms with Gasteiger partial charge in [-0.2, -0.15) is 0 Å². The molecule has 0 bridgehead atoms. The number of esters is 1. The lowest BCUT2D eigenvalue weighted by molar-refractivity contribution is -0.140. The molecule has 2 N–H and O–H groups in total. The van der Waals surface area contributed by atoms with Gasteiger partial charge >= 0.3 is 18.0 Å². The monoisotopic (exact) mass is 361 g/mol. The van der Waals surface area contributed by atoms with Crippen molar-refractivity contribution in [2.75, 3.05) is 19.0 Å². The number of carbonyl (C=O) groups is 3. The molecular weight excluding hydrogens is 345 g/mol. The Morgan fingerprint density at radius 1 is 1.13 bits per heavy atom. The fraction of sp³-hybridized carbons (Fsp3) is 0.357. The summed E-state index contributed by atoms with van der Waals surface area (Å²) in [6, 6.07) is 2.67. The molecule has 0 spiro atoms. The van der Waals surface area contributed by atoms with Gasteiger partial charge in [0.25, 0.3) is 0 Å². The first-order valence-corrected chi connectivity index (χ1v) is 7.40. The molecule has 0 radical (unpaired) electrons. The predicted molar refractivity (Wildman–Crippen MR) is 87.9 cm³/mol. The number of hydrogen-bond acceptors (Lipinski definition) is 4. The van der Waals surface area contributed by atoms with Crippen LogP contribution in [0.15, 0.2) is 18.2 Å². The summed E-state index contributed by atoms with van der Waals surface area (Å²) in [6.07, 6.45) is 0. The van der Waals surface area contributed by atoms with Crippen molar-refractivity contribution in [2.24, 2.45) is 0 Å². The van der Waals surface area contributed by atoms with Gasteiger partial charge in [-0.25, -0.2) is 14.5 Å². The molecular formula is C14H17Cl2N3O4. The minimum atomic E-state index is -0.813. The average Bonchev–Trinajstić information content (AvgIpc) is 2.42. The molecule has 0 heterocycles. The highest BCUT2D eigenvalue weighted by Gasteiger charge is 2.25. The number of hydrogen-bond donors (Lipinski definition) is 2. The van der Waals surface area contributed by atoms with Gasteiger partial charge in [-0.3, -0.25) is 4.79 Å². The maximum Gasteiger partial charge on any atom is 0.330 e. The summed E-state index contributed by atoms with van der Waals surface area (Å²) >= 11 is 11.7. The second-order valence-electron chi connectivity index (χ2n) is 4.85. The normalized spacial score (nSPS) is 10.2. The molecule has 0 saturated carbocycles. The van der Waals surface area contributed by atoms with Crippen molar-refractivity contribution in [3.05, 3.63) is 28.2 Å². The van der Waals surface area contributed by atoms with E-state index in [2.05, 4.69) is 15.4 Å². The van der Waals surface area contributed by atoms with Gasteiger partial charge in [-0.05, 0) is 32.0 Å². The molecule has 9 heteroatoms. The minimum Gasteiger partial charge on any atom is -0.468 e. The summed E-state index contributed by atoms with van der Waals surface area (Å²) in [5, 5.41) is 5.62. The third kappa shape index (κ3) is 6.33. The topological polar surface area (TPSA) is 87.7 Å². The zero-order valence-electron chi connectivity index (χ0n) is 12.9. The molecule has 0 unspecified atom stereocenters. The largest absolute Gasteiger partial charge is 0.468 e. The summed E-state index contributed by atoms with van der Waals surface area (Å²) < 4.78 is 4.49. The highest BCUT2D eigenvalue weighted by molar-refractivity contribution is 6.35. The van der Waals surface area contributed by atoms with Crippen molar-refractivity contribution < 1.29 is 19.1 Å². The van der Waals surface area contributed by atoms with Crippen molar-refractivity contribution in [1.82, 2.24) is 10.2 Å². The number of amides is 4. The number of benzene rings is 1. The Balaban J connectivity index is 2.93. The summed E-state index contributed by atoms with van der Waals surface area (Å²) in [5.74, 6) is -0.733. The maximum absolute atomic E-state index is 12.3.